The van der Waals surface area contributed by atoms with E-state index >= 15 is 0 Å². The van der Waals surface area contributed by atoms with Gasteiger partial charge in [-0.1, -0.05) is 58.5 Å². The van der Waals surface area contributed by atoms with Crippen LogP contribution >= 0.6 is 58.6 Å². The molecule has 20 heavy (non-hydrogen) atoms. The van der Waals surface area contributed by atoms with Crippen molar-refractivity contribution in [1.82, 2.24) is 0 Å². The van der Waals surface area contributed by atoms with E-state index in [-0.39, 0.29) is 0 Å². The van der Waals surface area contributed by atoms with Crippen molar-refractivity contribution < 1.29 is 0 Å². The van der Waals surface area contributed by atoms with Gasteiger partial charge in [-0.2, -0.15) is 0 Å². The minimum atomic E-state index is 0.332. The number of hydrogen-bond donors (Lipinski definition) is 2. The SMILES string of the molecule is S=C(Nc1cccc(Cl)c1Cl)Nc1cccc(Cl)c1Cl. The van der Waals surface area contributed by atoms with Crippen LogP contribution in [0.1, 0.15) is 0 Å². The Labute approximate surface area is 142 Å². The lowest BCUT2D eigenvalue weighted by atomic mass is 10.3. The van der Waals surface area contributed by atoms with Crippen molar-refractivity contribution in [3.63, 3.8) is 0 Å². The quantitative estimate of drug-likeness (QED) is 0.628. The number of halogens is 4. The Kier molecular flexibility index (Phi) is 5.35. The number of thiocarbonyl (C=S) groups is 1. The zero-order valence-electron chi connectivity index (χ0n) is 9.88. The second-order valence-electron chi connectivity index (χ2n) is 3.78. The number of benzene rings is 2. The normalized spacial score (nSPS) is 10.2. The molecule has 0 saturated carbocycles. The van der Waals surface area contributed by atoms with Crippen LogP contribution in [0.2, 0.25) is 20.1 Å². The number of hydrogen-bond acceptors (Lipinski definition) is 1. The van der Waals surface area contributed by atoms with Crippen LogP contribution in [0.3, 0.4) is 0 Å². The van der Waals surface area contributed by atoms with Gasteiger partial charge in [-0.05, 0) is 36.5 Å². The van der Waals surface area contributed by atoms with Gasteiger partial charge in [-0.15, -0.1) is 0 Å². The van der Waals surface area contributed by atoms with Gasteiger partial charge in [0.05, 0.1) is 31.5 Å². The summed E-state index contributed by atoms with van der Waals surface area (Å²) in [5, 5.41) is 7.92. The molecule has 0 spiro atoms. The summed E-state index contributed by atoms with van der Waals surface area (Å²) in [7, 11) is 0. The van der Waals surface area contributed by atoms with Crippen molar-refractivity contribution in [3.8, 4) is 0 Å². The Morgan fingerprint density at radius 3 is 1.55 bits per heavy atom. The predicted molar refractivity (Wildman–Crippen MR) is 92.8 cm³/mol. The van der Waals surface area contributed by atoms with Crippen LogP contribution in [-0.4, -0.2) is 5.11 Å². The summed E-state index contributed by atoms with van der Waals surface area (Å²) >= 11 is 29.2. The minimum Gasteiger partial charge on any atom is -0.331 e. The van der Waals surface area contributed by atoms with E-state index in [1.807, 2.05) is 0 Å². The number of rotatable bonds is 2. The third kappa shape index (κ3) is 3.68. The largest absolute Gasteiger partial charge is 0.331 e. The monoisotopic (exact) mass is 364 g/mol. The fourth-order valence-electron chi connectivity index (χ4n) is 1.48. The molecule has 2 rings (SSSR count). The Bertz CT molecular complexity index is 605. The van der Waals surface area contributed by atoms with Crippen LogP contribution in [0.5, 0.6) is 0 Å². The smallest absolute Gasteiger partial charge is 0.175 e. The maximum absolute atomic E-state index is 6.07. The van der Waals surface area contributed by atoms with Crippen molar-refractivity contribution in [2.45, 2.75) is 0 Å². The van der Waals surface area contributed by atoms with E-state index < -0.39 is 0 Å². The predicted octanol–water partition coefficient (Wildman–Crippen LogP) is 6.11. The van der Waals surface area contributed by atoms with Crippen molar-refractivity contribution >= 4 is 75.1 Å². The number of anilines is 2. The van der Waals surface area contributed by atoms with Crippen LogP contribution in [0.15, 0.2) is 36.4 Å². The molecule has 0 heterocycles. The summed E-state index contributed by atoms with van der Waals surface area (Å²) in [4.78, 5) is 0. The van der Waals surface area contributed by atoms with E-state index in [1.165, 1.54) is 0 Å². The molecular formula is C13H8Cl4N2S. The zero-order valence-corrected chi connectivity index (χ0v) is 13.7. The van der Waals surface area contributed by atoms with Crippen LogP contribution < -0.4 is 10.6 Å². The highest BCUT2D eigenvalue weighted by Crippen LogP contribution is 2.31. The summed E-state index contributed by atoms with van der Waals surface area (Å²) in [5.41, 5.74) is 1.21. The first-order chi connectivity index (χ1) is 9.49. The van der Waals surface area contributed by atoms with Crippen molar-refractivity contribution in [2.24, 2.45) is 0 Å². The molecule has 0 fully saturated rings. The molecule has 2 nitrogen and oxygen atoms in total. The maximum Gasteiger partial charge on any atom is 0.175 e. The summed E-state index contributed by atoms with van der Waals surface area (Å²) < 4.78 is 0. The molecule has 104 valence electrons. The third-order valence-corrected chi connectivity index (χ3v) is 4.24. The van der Waals surface area contributed by atoms with Crippen LogP contribution in [0.25, 0.3) is 0 Å². The van der Waals surface area contributed by atoms with E-state index in [4.69, 9.17) is 58.6 Å². The van der Waals surface area contributed by atoms with Gasteiger partial charge >= 0.3 is 0 Å². The molecular weight excluding hydrogens is 358 g/mol. The molecule has 0 saturated heterocycles. The highest BCUT2D eigenvalue weighted by molar-refractivity contribution is 7.80. The molecule has 0 unspecified atom stereocenters. The van der Waals surface area contributed by atoms with Crippen molar-refractivity contribution in [3.05, 3.63) is 56.5 Å². The Hall–Kier alpha value is -0.710. The van der Waals surface area contributed by atoms with Gasteiger partial charge < -0.3 is 10.6 Å². The second-order valence-corrected chi connectivity index (χ2v) is 5.76. The molecule has 0 aliphatic heterocycles. The topological polar surface area (TPSA) is 24.1 Å². The van der Waals surface area contributed by atoms with Gasteiger partial charge in [-0.3, -0.25) is 0 Å². The molecule has 0 aliphatic rings. The van der Waals surface area contributed by atoms with E-state index in [9.17, 15) is 0 Å². The van der Waals surface area contributed by atoms with Crippen molar-refractivity contribution in [1.29, 1.82) is 0 Å². The average molecular weight is 366 g/mol. The van der Waals surface area contributed by atoms with Gasteiger partial charge in [-0.25, -0.2) is 0 Å². The van der Waals surface area contributed by atoms with E-state index in [2.05, 4.69) is 10.6 Å². The lowest BCUT2D eigenvalue weighted by Gasteiger charge is -2.13. The Morgan fingerprint density at radius 1 is 0.750 bits per heavy atom. The average Bonchev–Trinajstić information content (AvgIpc) is 2.40. The van der Waals surface area contributed by atoms with Gasteiger partial charge in [0.15, 0.2) is 5.11 Å². The third-order valence-electron chi connectivity index (χ3n) is 2.40. The van der Waals surface area contributed by atoms with E-state index in [0.717, 1.165) is 0 Å². The molecule has 0 bridgehead atoms. The fourth-order valence-corrected chi connectivity index (χ4v) is 2.39. The lowest BCUT2D eigenvalue weighted by Crippen LogP contribution is -2.19. The first-order valence-electron chi connectivity index (χ1n) is 5.45. The van der Waals surface area contributed by atoms with E-state index in [1.54, 1.807) is 36.4 Å². The van der Waals surface area contributed by atoms with Crippen LogP contribution in [-0.2, 0) is 0 Å². The summed E-state index contributed by atoms with van der Waals surface area (Å²) in [6.45, 7) is 0. The Balaban J connectivity index is 2.13. The summed E-state index contributed by atoms with van der Waals surface area (Å²) in [6, 6.07) is 10.5. The van der Waals surface area contributed by atoms with Crippen LogP contribution in [0, 0.1) is 0 Å². The molecule has 0 atom stereocenters. The highest BCUT2D eigenvalue weighted by atomic mass is 35.5. The fraction of sp³-hybridized carbons (Fsp3) is 0. The molecule has 0 amide bonds. The van der Waals surface area contributed by atoms with Gasteiger partial charge in [0.25, 0.3) is 0 Å². The molecule has 0 radical (unpaired) electrons. The zero-order chi connectivity index (χ0) is 14.7. The summed E-state index contributed by atoms with van der Waals surface area (Å²) in [5.74, 6) is 0. The second kappa shape index (κ2) is 6.83. The van der Waals surface area contributed by atoms with Crippen LogP contribution in [0.4, 0.5) is 11.4 Å². The number of nitrogens with one attached hydrogen (secondary N) is 2. The highest BCUT2D eigenvalue weighted by Gasteiger charge is 2.08. The summed E-state index contributed by atoms with van der Waals surface area (Å²) in [6.07, 6.45) is 0. The standard InChI is InChI=1S/C13H8Cl4N2S/c14-7-3-1-5-9(11(7)16)18-13(20)19-10-6-2-4-8(15)12(10)17/h1-6H,(H2,18,19,20). The molecule has 2 N–H and O–H groups in total. The molecule has 0 aromatic heterocycles. The maximum atomic E-state index is 6.07. The van der Waals surface area contributed by atoms with Gasteiger partial charge in [0, 0.05) is 0 Å². The molecule has 2 aromatic carbocycles. The molecule has 2 aromatic rings. The lowest BCUT2D eigenvalue weighted by molar-refractivity contribution is 1.59. The first kappa shape index (κ1) is 15.7. The molecule has 0 aliphatic carbocycles. The van der Waals surface area contributed by atoms with E-state index in [0.29, 0.717) is 36.6 Å². The Morgan fingerprint density at radius 2 is 1.15 bits per heavy atom. The van der Waals surface area contributed by atoms with Crippen molar-refractivity contribution in [2.75, 3.05) is 10.6 Å². The van der Waals surface area contributed by atoms with Gasteiger partial charge in [0.1, 0.15) is 0 Å². The molecule has 7 heteroatoms. The van der Waals surface area contributed by atoms with Gasteiger partial charge in [0.2, 0.25) is 0 Å². The first-order valence-corrected chi connectivity index (χ1v) is 7.37. The minimum absolute atomic E-state index is 0.332.